The van der Waals surface area contributed by atoms with Crippen LogP contribution in [0.3, 0.4) is 0 Å². The molecule has 158 valence electrons. The quantitative estimate of drug-likeness (QED) is 0.211. The first-order chi connectivity index (χ1) is 12.8. The third-order valence-corrected chi connectivity index (χ3v) is 3.76. The molecule has 0 bridgehead atoms. The zero-order valence-corrected chi connectivity index (χ0v) is 17.3. The zero-order valence-electron chi connectivity index (χ0n) is 17.3. The Kier molecular flexibility index (Phi) is 22.6. The lowest BCUT2D eigenvalue weighted by Gasteiger charge is -2.19. The molecule has 6 heteroatoms. The Morgan fingerprint density at radius 1 is 0.500 bits per heavy atom. The Labute approximate surface area is 160 Å². The molecule has 0 aliphatic rings. The number of hydrogen-bond acceptors (Lipinski definition) is 6. The molecule has 0 atom stereocenters. The molecule has 0 radical (unpaired) electrons. The average Bonchev–Trinajstić information content (AvgIpc) is 2.65. The van der Waals surface area contributed by atoms with Gasteiger partial charge in [-0.3, -0.25) is 0 Å². The molecule has 0 saturated heterocycles. The van der Waals surface area contributed by atoms with Crippen molar-refractivity contribution in [3.63, 3.8) is 0 Å². The van der Waals surface area contributed by atoms with E-state index in [1.807, 2.05) is 13.8 Å². The minimum absolute atomic E-state index is 0.178. The van der Waals surface area contributed by atoms with Gasteiger partial charge in [0, 0.05) is 13.2 Å². The number of hydrogen-bond donors (Lipinski definition) is 0. The lowest BCUT2D eigenvalue weighted by atomic mass is 10.1. The van der Waals surface area contributed by atoms with Crippen LogP contribution in [0.5, 0.6) is 0 Å². The third-order valence-electron chi connectivity index (χ3n) is 3.76. The first kappa shape index (κ1) is 25.8. The van der Waals surface area contributed by atoms with Gasteiger partial charge in [0.2, 0.25) is 0 Å². The van der Waals surface area contributed by atoms with Gasteiger partial charge in [-0.15, -0.1) is 0 Å². The first-order valence-electron chi connectivity index (χ1n) is 10.4. The summed E-state index contributed by atoms with van der Waals surface area (Å²) in [5, 5.41) is 0. The van der Waals surface area contributed by atoms with Crippen LogP contribution >= 0.6 is 0 Å². The standard InChI is InChI=1S/C20H42O6/c1-4-7-8-9-10-11-20(25-18-16-23-14-12-21-5-2)26-19-17-24-15-13-22-6-3/h20H,4-19H2,1-3H3. The topological polar surface area (TPSA) is 55.4 Å². The Morgan fingerprint density at radius 2 is 0.962 bits per heavy atom. The van der Waals surface area contributed by atoms with Crippen molar-refractivity contribution in [1.82, 2.24) is 0 Å². The van der Waals surface area contributed by atoms with Gasteiger partial charge in [0.25, 0.3) is 0 Å². The molecule has 0 fully saturated rings. The van der Waals surface area contributed by atoms with Crippen LogP contribution in [0, 0.1) is 0 Å². The van der Waals surface area contributed by atoms with Crippen molar-refractivity contribution in [2.24, 2.45) is 0 Å². The van der Waals surface area contributed by atoms with Crippen LogP contribution in [-0.4, -0.2) is 72.4 Å². The Hall–Kier alpha value is -0.240. The van der Waals surface area contributed by atoms with Gasteiger partial charge in [0.15, 0.2) is 6.29 Å². The third kappa shape index (κ3) is 20.1. The molecule has 0 aliphatic carbocycles. The van der Waals surface area contributed by atoms with E-state index >= 15 is 0 Å². The van der Waals surface area contributed by atoms with Crippen LogP contribution in [-0.2, 0) is 28.4 Å². The predicted molar refractivity (Wildman–Crippen MR) is 104 cm³/mol. The SMILES string of the molecule is CCCCCCCC(OCCOCCOCC)OCCOCCOCC. The zero-order chi connectivity index (χ0) is 19.1. The van der Waals surface area contributed by atoms with E-state index in [-0.39, 0.29) is 6.29 Å². The Morgan fingerprint density at radius 3 is 1.46 bits per heavy atom. The summed E-state index contributed by atoms with van der Waals surface area (Å²) in [7, 11) is 0. The summed E-state index contributed by atoms with van der Waals surface area (Å²) in [6.45, 7) is 12.3. The molecule has 0 unspecified atom stereocenters. The molecule has 0 amide bonds. The Bertz CT molecular complexity index is 234. The predicted octanol–water partition coefficient (Wildman–Crippen LogP) is 3.81. The van der Waals surface area contributed by atoms with Gasteiger partial charge in [-0.25, -0.2) is 0 Å². The van der Waals surface area contributed by atoms with E-state index in [1.165, 1.54) is 25.7 Å². The summed E-state index contributed by atoms with van der Waals surface area (Å²) in [5.41, 5.74) is 0. The summed E-state index contributed by atoms with van der Waals surface area (Å²) in [6, 6.07) is 0. The largest absolute Gasteiger partial charge is 0.379 e. The number of rotatable bonds is 22. The summed E-state index contributed by atoms with van der Waals surface area (Å²) < 4.78 is 33.1. The Balaban J connectivity index is 3.75. The average molecular weight is 379 g/mol. The summed E-state index contributed by atoms with van der Waals surface area (Å²) >= 11 is 0. The molecule has 0 aromatic carbocycles. The summed E-state index contributed by atoms with van der Waals surface area (Å²) in [4.78, 5) is 0. The van der Waals surface area contributed by atoms with E-state index in [0.29, 0.717) is 52.9 Å². The summed E-state index contributed by atoms with van der Waals surface area (Å²) in [5.74, 6) is 0. The van der Waals surface area contributed by atoms with Crippen LogP contribution in [0.1, 0.15) is 59.3 Å². The second-order valence-electron chi connectivity index (χ2n) is 5.99. The maximum absolute atomic E-state index is 5.83. The van der Waals surface area contributed by atoms with Crippen molar-refractivity contribution in [3.05, 3.63) is 0 Å². The van der Waals surface area contributed by atoms with Crippen molar-refractivity contribution < 1.29 is 28.4 Å². The van der Waals surface area contributed by atoms with Gasteiger partial charge >= 0.3 is 0 Å². The molecular formula is C20H42O6. The van der Waals surface area contributed by atoms with E-state index in [2.05, 4.69) is 6.92 Å². The van der Waals surface area contributed by atoms with E-state index in [4.69, 9.17) is 28.4 Å². The molecular weight excluding hydrogens is 336 g/mol. The molecule has 6 nitrogen and oxygen atoms in total. The molecule has 0 aromatic heterocycles. The number of unbranched alkanes of at least 4 members (excludes halogenated alkanes) is 4. The van der Waals surface area contributed by atoms with E-state index in [1.54, 1.807) is 0 Å². The van der Waals surface area contributed by atoms with Gasteiger partial charge in [0.1, 0.15) is 0 Å². The monoisotopic (exact) mass is 378 g/mol. The van der Waals surface area contributed by atoms with Gasteiger partial charge in [-0.1, -0.05) is 32.6 Å². The van der Waals surface area contributed by atoms with Crippen molar-refractivity contribution in [3.8, 4) is 0 Å². The molecule has 0 spiro atoms. The van der Waals surface area contributed by atoms with Crippen LogP contribution < -0.4 is 0 Å². The van der Waals surface area contributed by atoms with Crippen LogP contribution in [0.25, 0.3) is 0 Å². The fourth-order valence-electron chi connectivity index (χ4n) is 2.33. The van der Waals surface area contributed by atoms with E-state index in [0.717, 1.165) is 26.1 Å². The molecule has 0 aromatic rings. The molecule has 0 rings (SSSR count). The minimum Gasteiger partial charge on any atom is -0.379 e. The molecule has 0 N–H and O–H groups in total. The van der Waals surface area contributed by atoms with Gasteiger partial charge < -0.3 is 28.4 Å². The minimum atomic E-state index is -0.178. The fraction of sp³-hybridized carbons (Fsp3) is 1.00. The van der Waals surface area contributed by atoms with E-state index < -0.39 is 0 Å². The van der Waals surface area contributed by atoms with Gasteiger partial charge in [-0.05, 0) is 26.7 Å². The summed E-state index contributed by atoms with van der Waals surface area (Å²) in [6.07, 6.45) is 6.94. The van der Waals surface area contributed by atoms with E-state index in [9.17, 15) is 0 Å². The van der Waals surface area contributed by atoms with Crippen molar-refractivity contribution in [2.75, 3.05) is 66.1 Å². The molecule has 26 heavy (non-hydrogen) atoms. The maximum atomic E-state index is 5.83. The van der Waals surface area contributed by atoms with Crippen molar-refractivity contribution in [1.29, 1.82) is 0 Å². The highest BCUT2D eigenvalue weighted by Gasteiger charge is 2.09. The van der Waals surface area contributed by atoms with Crippen molar-refractivity contribution >= 4 is 0 Å². The highest BCUT2D eigenvalue weighted by molar-refractivity contribution is 4.50. The van der Waals surface area contributed by atoms with Gasteiger partial charge in [-0.2, -0.15) is 0 Å². The highest BCUT2D eigenvalue weighted by atomic mass is 16.7. The number of ether oxygens (including phenoxy) is 6. The second-order valence-corrected chi connectivity index (χ2v) is 5.99. The smallest absolute Gasteiger partial charge is 0.157 e. The first-order valence-corrected chi connectivity index (χ1v) is 10.4. The highest BCUT2D eigenvalue weighted by Crippen LogP contribution is 2.10. The maximum Gasteiger partial charge on any atom is 0.157 e. The lowest BCUT2D eigenvalue weighted by Crippen LogP contribution is -2.22. The molecule has 0 heterocycles. The van der Waals surface area contributed by atoms with Gasteiger partial charge in [0.05, 0.1) is 52.9 Å². The fourth-order valence-corrected chi connectivity index (χ4v) is 2.33. The van der Waals surface area contributed by atoms with Crippen LogP contribution in [0.2, 0.25) is 0 Å². The van der Waals surface area contributed by atoms with Crippen molar-refractivity contribution in [2.45, 2.75) is 65.6 Å². The molecule has 0 saturated carbocycles. The molecule has 0 aliphatic heterocycles. The normalized spacial score (nSPS) is 11.5. The van der Waals surface area contributed by atoms with Crippen LogP contribution in [0.15, 0.2) is 0 Å². The second kappa shape index (κ2) is 22.8. The lowest BCUT2D eigenvalue weighted by molar-refractivity contribution is -0.162. The van der Waals surface area contributed by atoms with Crippen LogP contribution in [0.4, 0.5) is 0 Å².